The summed E-state index contributed by atoms with van der Waals surface area (Å²) in [6.45, 7) is 3.43. The van der Waals surface area contributed by atoms with Crippen molar-refractivity contribution in [2.75, 3.05) is 13.2 Å². The lowest BCUT2D eigenvalue weighted by atomic mass is 10.0. The fourth-order valence-corrected chi connectivity index (χ4v) is 4.50. The Bertz CT molecular complexity index is 774. The minimum atomic E-state index is 0.0957. The van der Waals surface area contributed by atoms with Crippen LogP contribution in [0.2, 0.25) is 0 Å². The Balaban J connectivity index is 1.66. The summed E-state index contributed by atoms with van der Waals surface area (Å²) in [5.41, 5.74) is 3.42. The number of pyridine rings is 1. The zero-order chi connectivity index (χ0) is 19.9. The van der Waals surface area contributed by atoms with Crippen molar-refractivity contribution in [1.29, 1.82) is 0 Å². The highest BCUT2D eigenvalue weighted by atomic mass is 79.9. The molecule has 2 heterocycles. The fraction of sp³-hybridized carbons (Fsp3) is 0.500. The second kappa shape index (κ2) is 10.6. The summed E-state index contributed by atoms with van der Waals surface area (Å²) in [7, 11) is 0. The molecule has 4 nitrogen and oxygen atoms in total. The highest BCUT2D eigenvalue weighted by Crippen LogP contribution is 2.40. The molecule has 0 spiro atoms. The molecule has 0 radical (unpaired) electrons. The maximum atomic E-state index is 10.5. The average molecular weight is 513 g/mol. The molecule has 1 fully saturated rings. The van der Waals surface area contributed by atoms with Crippen LogP contribution in [0.1, 0.15) is 49.4 Å². The van der Waals surface area contributed by atoms with Gasteiger partial charge in [-0.3, -0.25) is 0 Å². The van der Waals surface area contributed by atoms with E-state index in [9.17, 15) is 5.11 Å². The van der Waals surface area contributed by atoms with Gasteiger partial charge in [-0.15, -0.1) is 0 Å². The zero-order valence-corrected chi connectivity index (χ0v) is 19.4. The largest absolute Gasteiger partial charge is 0.505 e. The van der Waals surface area contributed by atoms with Crippen LogP contribution >= 0.6 is 31.9 Å². The van der Waals surface area contributed by atoms with E-state index in [0.29, 0.717) is 27.9 Å². The van der Waals surface area contributed by atoms with Gasteiger partial charge in [0, 0.05) is 6.61 Å². The molecule has 1 atom stereocenters. The van der Waals surface area contributed by atoms with Crippen LogP contribution in [-0.4, -0.2) is 29.4 Å². The van der Waals surface area contributed by atoms with E-state index in [-0.39, 0.29) is 11.9 Å². The second-order valence-corrected chi connectivity index (χ2v) is 8.79. The van der Waals surface area contributed by atoms with Crippen LogP contribution in [0.5, 0.6) is 11.6 Å². The number of ether oxygens (including phenoxy) is 2. The van der Waals surface area contributed by atoms with E-state index in [4.69, 9.17) is 9.47 Å². The minimum absolute atomic E-state index is 0.0957. The van der Waals surface area contributed by atoms with E-state index >= 15 is 0 Å². The van der Waals surface area contributed by atoms with E-state index < -0.39 is 0 Å². The monoisotopic (exact) mass is 511 g/mol. The van der Waals surface area contributed by atoms with Crippen molar-refractivity contribution in [2.45, 2.75) is 58.0 Å². The Morgan fingerprint density at radius 1 is 1.07 bits per heavy atom. The molecular formula is C22H27Br2NO3. The second-order valence-electron chi connectivity index (χ2n) is 7.21. The molecule has 6 heteroatoms. The number of benzene rings is 1. The Hall–Kier alpha value is -1.11. The number of rotatable bonds is 8. The SMILES string of the molecule is CCCc1ccc(CCc2nc(OCC3CCCCO3)c(Br)c(O)c2Br)cc1. The van der Waals surface area contributed by atoms with E-state index in [2.05, 4.69) is 68.0 Å². The molecule has 152 valence electrons. The van der Waals surface area contributed by atoms with Gasteiger partial charge in [0.15, 0.2) is 5.75 Å². The van der Waals surface area contributed by atoms with Gasteiger partial charge in [-0.2, -0.15) is 0 Å². The fourth-order valence-electron chi connectivity index (χ4n) is 3.35. The summed E-state index contributed by atoms with van der Waals surface area (Å²) in [6.07, 6.45) is 7.20. The van der Waals surface area contributed by atoms with Crippen molar-refractivity contribution in [3.05, 3.63) is 50.0 Å². The predicted octanol–water partition coefficient (Wildman–Crippen LogP) is 6.00. The molecule has 1 aromatic carbocycles. The topological polar surface area (TPSA) is 51.6 Å². The van der Waals surface area contributed by atoms with Crippen molar-refractivity contribution >= 4 is 31.9 Å². The van der Waals surface area contributed by atoms with Crippen LogP contribution in [0.3, 0.4) is 0 Å². The van der Waals surface area contributed by atoms with Crippen molar-refractivity contribution in [1.82, 2.24) is 4.98 Å². The first-order valence-electron chi connectivity index (χ1n) is 9.97. The maximum Gasteiger partial charge on any atom is 0.232 e. The van der Waals surface area contributed by atoms with Gasteiger partial charge < -0.3 is 14.6 Å². The smallest absolute Gasteiger partial charge is 0.232 e. The molecule has 28 heavy (non-hydrogen) atoms. The van der Waals surface area contributed by atoms with E-state index in [1.807, 2.05) is 0 Å². The van der Waals surface area contributed by atoms with Crippen LogP contribution in [-0.2, 0) is 24.0 Å². The minimum Gasteiger partial charge on any atom is -0.505 e. The molecule has 1 N–H and O–H groups in total. The molecular weight excluding hydrogens is 486 g/mol. The van der Waals surface area contributed by atoms with Crippen molar-refractivity contribution in [3.8, 4) is 11.6 Å². The first-order chi connectivity index (χ1) is 13.6. The van der Waals surface area contributed by atoms with E-state index in [1.54, 1.807) is 0 Å². The molecule has 0 bridgehead atoms. The molecule has 1 aliphatic rings. The molecule has 1 saturated heterocycles. The lowest BCUT2D eigenvalue weighted by molar-refractivity contribution is -0.0121. The van der Waals surface area contributed by atoms with Gasteiger partial charge in [-0.05, 0) is 81.5 Å². The van der Waals surface area contributed by atoms with Crippen LogP contribution < -0.4 is 4.74 Å². The Morgan fingerprint density at radius 3 is 2.43 bits per heavy atom. The van der Waals surface area contributed by atoms with Crippen LogP contribution in [0, 0.1) is 0 Å². The van der Waals surface area contributed by atoms with Crippen molar-refractivity contribution < 1.29 is 14.6 Å². The van der Waals surface area contributed by atoms with E-state index in [0.717, 1.165) is 50.8 Å². The van der Waals surface area contributed by atoms with Gasteiger partial charge in [0.1, 0.15) is 11.1 Å². The Labute approximate surface area is 183 Å². The Morgan fingerprint density at radius 2 is 1.79 bits per heavy atom. The number of hydrogen-bond donors (Lipinski definition) is 1. The highest BCUT2D eigenvalue weighted by molar-refractivity contribution is 9.11. The standard InChI is InChI=1S/C22H27Br2NO3/c1-2-5-15-7-9-16(10-8-15)11-12-18-19(23)21(26)20(24)22(25-18)28-14-17-6-3-4-13-27-17/h7-10,17H,2-6,11-14H2,1H3,(H,25,26). The molecule has 0 saturated carbocycles. The number of nitrogens with zero attached hydrogens (tertiary/aromatic N) is 1. The van der Waals surface area contributed by atoms with Crippen LogP contribution in [0.15, 0.2) is 33.2 Å². The quantitative estimate of drug-likeness (QED) is 0.471. The van der Waals surface area contributed by atoms with Crippen LogP contribution in [0.4, 0.5) is 0 Å². The summed E-state index contributed by atoms with van der Waals surface area (Å²) < 4.78 is 12.7. The van der Waals surface area contributed by atoms with Gasteiger partial charge in [0.2, 0.25) is 5.88 Å². The number of halogens is 2. The number of hydrogen-bond acceptors (Lipinski definition) is 4. The Kier molecular flexibility index (Phi) is 8.18. The third kappa shape index (κ3) is 5.71. The van der Waals surface area contributed by atoms with Gasteiger partial charge in [-0.1, -0.05) is 37.6 Å². The van der Waals surface area contributed by atoms with Gasteiger partial charge in [-0.25, -0.2) is 4.98 Å². The molecule has 1 unspecified atom stereocenters. The third-order valence-corrected chi connectivity index (χ3v) is 6.53. The lowest BCUT2D eigenvalue weighted by Gasteiger charge is -2.23. The van der Waals surface area contributed by atoms with Gasteiger partial charge in [0.05, 0.1) is 16.3 Å². The third-order valence-electron chi connectivity index (χ3n) is 4.99. The van der Waals surface area contributed by atoms with Crippen molar-refractivity contribution in [3.63, 3.8) is 0 Å². The first-order valence-corrected chi connectivity index (χ1v) is 11.6. The molecule has 1 aliphatic heterocycles. The number of aromatic nitrogens is 1. The predicted molar refractivity (Wildman–Crippen MR) is 118 cm³/mol. The van der Waals surface area contributed by atoms with Gasteiger partial charge >= 0.3 is 0 Å². The van der Waals surface area contributed by atoms with Gasteiger partial charge in [0.25, 0.3) is 0 Å². The molecule has 0 aliphatic carbocycles. The maximum absolute atomic E-state index is 10.5. The van der Waals surface area contributed by atoms with Crippen molar-refractivity contribution in [2.24, 2.45) is 0 Å². The first kappa shape index (κ1) is 21.6. The lowest BCUT2D eigenvalue weighted by Crippen LogP contribution is -2.26. The summed E-state index contributed by atoms with van der Waals surface area (Å²) in [5, 5.41) is 10.5. The summed E-state index contributed by atoms with van der Waals surface area (Å²) in [5.74, 6) is 0.547. The molecule has 2 aromatic rings. The number of aromatic hydroxyl groups is 1. The average Bonchev–Trinajstić information content (AvgIpc) is 2.73. The summed E-state index contributed by atoms with van der Waals surface area (Å²) in [6, 6.07) is 8.74. The normalized spacial score (nSPS) is 16.9. The number of aryl methyl sites for hydroxylation is 3. The zero-order valence-electron chi connectivity index (χ0n) is 16.2. The molecule has 0 amide bonds. The molecule has 1 aromatic heterocycles. The van der Waals surface area contributed by atoms with Crippen LogP contribution in [0.25, 0.3) is 0 Å². The highest BCUT2D eigenvalue weighted by Gasteiger charge is 2.20. The summed E-state index contributed by atoms with van der Waals surface area (Å²) in [4.78, 5) is 4.65. The van der Waals surface area contributed by atoms with E-state index in [1.165, 1.54) is 11.1 Å². The molecule has 3 rings (SSSR count). The summed E-state index contributed by atoms with van der Waals surface area (Å²) >= 11 is 6.88.